The summed E-state index contributed by atoms with van der Waals surface area (Å²) in [5, 5.41) is 3.33. The number of oxazole rings is 1. The number of nitrogens with zero attached hydrogens (tertiary/aromatic N) is 3. The number of aromatic nitrogens is 3. The Morgan fingerprint density at radius 3 is 2.57 bits per heavy atom. The van der Waals surface area contributed by atoms with Gasteiger partial charge in [-0.25, -0.2) is 20.8 Å². The van der Waals surface area contributed by atoms with Crippen LogP contribution in [-0.2, 0) is 0 Å². The first-order valence-electron chi connectivity index (χ1n) is 7.12. The Kier molecular flexibility index (Phi) is 3.50. The second-order valence-corrected chi connectivity index (χ2v) is 5.50. The SMILES string of the molecule is Cc1cnc(C(C)Nc2nc(C3CC3)nc(NN)c2C)o1. The highest BCUT2D eigenvalue weighted by atomic mass is 16.4. The summed E-state index contributed by atoms with van der Waals surface area (Å²) in [4.78, 5) is 13.3. The van der Waals surface area contributed by atoms with Crippen LogP contribution in [0.5, 0.6) is 0 Å². The van der Waals surface area contributed by atoms with Crippen LogP contribution in [0.25, 0.3) is 0 Å². The molecule has 7 heteroatoms. The number of rotatable bonds is 5. The summed E-state index contributed by atoms with van der Waals surface area (Å²) in [6, 6.07) is -0.0787. The molecule has 0 radical (unpaired) electrons. The lowest BCUT2D eigenvalue weighted by Crippen LogP contribution is -2.16. The minimum atomic E-state index is -0.0787. The van der Waals surface area contributed by atoms with E-state index in [0.717, 1.165) is 35.8 Å². The Morgan fingerprint density at radius 2 is 2.00 bits per heavy atom. The lowest BCUT2D eigenvalue weighted by Gasteiger charge is -2.16. The summed E-state index contributed by atoms with van der Waals surface area (Å²) in [6.45, 7) is 5.79. The molecule has 0 saturated heterocycles. The van der Waals surface area contributed by atoms with Crippen molar-refractivity contribution in [1.82, 2.24) is 15.0 Å². The van der Waals surface area contributed by atoms with Gasteiger partial charge < -0.3 is 15.2 Å². The van der Waals surface area contributed by atoms with Crippen molar-refractivity contribution in [3.8, 4) is 0 Å². The first kappa shape index (κ1) is 13.8. The maximum atomic E-state index is 5.56. The molecule has 2 aromatic rings. The second kappa shape index (κ2) is 5.33. The smallest absolute Gasteiger partial charge is 0.216 e. The van der Waals surface area contributed by atoms with Gasteiger partial charge in [-0.05, 0) is 33.6 Å². The van der Waals surface area contributed by atoms with Gasteiger partial charge >= 0.3 is 0 Å². The standard InChI is InChI=1S/C14H20N6O/c1-7-6-16-14(21-7)9(3)17-11-8(2)12(20-15)19-13(18-11)10-4-5-10/h6,9-10H,4-5,15H2,1-3H3,(H2,17,18,19,20). The van der Waals surface area contributed by atoms with Crippen molar-refractivity contribution in [3.05, 3.63) is 29.2 Å². The molecule has 0 amide bonds. The van der Waals surface area contributed by atoms with Crippen LogP contribution >= 0.6 is 0 Å². The van der Waals surface area contributed by atoms with E-state index in [-0.39, 0.29) is 6.04 Å². The van der Waals surface area contributed by atoms with E-state index >= 15 is 0 Å². The number of aryl methyl sites for hydroxylation is 1. The molecule has 1 aliphatic rings. The van der Waals surface area contributed by atoms with Gasteiger partial charge in [0.25, 0.3) is 0 Å². The number of hydrogen-bond acceptors (Lipinski definition) is 7. The quantitative estimate of drug-likeness (QED) is 0.573. The van der Waals surface area contributed by atoms with E-state index in [9.17, 15) is 0 Å². The Morgan fingerprint density at radius 1 is 1.29 bits per heavy atom. The van der Waals surface area contributed by atoms with E-state index in [4.69, 9.17) is 10.3 Å². The first-order chi connectivity index (χ1) is 10.1. The van der Waals surface area contributed by atoms with Crippen LogP contribution in [0.3, 0.4) is 0 Å². The van der Waals surface area contributed by atoms with E-state index in [2.05, 4.69) is 25.7 Å². The van der Waals surface area contributed by atoms with Gasteiger partial charge in [0.2, 0.25) is 5.89 Å². The zero-order valence-corrected chi connectivity index (χ0v) is 12.5. The van der Waals surface area contributed by atoms with Crippen molar-refractivity contribution < 1.29 is 4.42 Å². The van der Waals surface area contributed by atoms with Crippen molar-refractivity contribution in [3.63, 3.8) is 0 Å². The van der Waals surface area contributed by atoms with Gasteiger partial charge in [-0.2, -0.15) is 0 Å². The molecule has 1 aliphatic carbocycles. The summed E-state index contributed by atoms with van der Waals surface area (Å²) >= 11 is 0. The number of nitrogen functional groups attached to an aromatic ring is 1. The number of nitrogens with one attached hydrogen (secondary N) is 2. The number of hydrogen-bond donors (Lipinski definition) is 3. The highest BCUT2D eigenvalue weighted by Crippen LogP contribution is 2.39. The molecule has 7 nitrogen and oxygen atoms in total. The van der Waals surface area contributed by atoms with Crippen LogP contribution in [-0.4, -0.2) is 15.0 Å². The Labute approximate surface area is 123 Å². The van der Waals surface area contributed by atoms with E-state index in [1.807, 2.05) is 20.8 Å². The average molecular weight is 288 g/mol. The van der Waals surface area contributed by atoms with Crippen molar-refractivity contribution in [2.45, 2.75) is 45.6 Å². The molecule has 1 fully saturated rings. The van der Waals surface area contributed by atoms with Crippen molar-refractivity contribution in [1.29, 1.82) is 0 Å². The normalized spacial score (nSPS) is 15.8. The van der Waals surface area contributed by atoms with E-state index in [1.165, 1.54) is 0 Å². The lowest BCUT2D eigenvalue weighted by atomic mass is 10.2. The highest BCUT2D eigenvalue weighted by molar-refractivity contribution is 5.57. The molecule has 0 aromatic carbocycles. The van der Waals surface area contributed by atoms with Crippen molar-refractivity contribution >= 4 is 11.6 Å². The topological polar surface area (TPSA) is 102 Å². The third-order valence-corrected chi connectivity index (χ3v) is 3.61. The van der Waals surface area contributed by atoms with E-state index in [1.54, 1.807) is 6.20 Å². The number of anilines is 2. The van der Waals surface area contributed by atoms with Gasteiger partial charge in [-0.3, -0.25) is 0 Å². The Bertz CT molecular complexity index is 649. The zero-order valence-electron chi connectivity index (χ0n) is 12.5. The summed E-state index contributed by atoms with van der Waals surface area (Å²) in [6.07, 6.45) is 3.99. The van der Waals surface area contributed by atoms with Crippen LogP contribution in [0.4, 0.5) is 11.6 Å². The first-order valence-corrected chi connectivity index (χ1v) is 7.12. The fourth-order valence-electron chi connectivity index (χ4n) is 2.18. The molecule has 4 N–H and O–H groups in total. The molecule has 112 valence electrons. The fourth-order valence-corrected chi connectivity index (χ4v) is 2.18. The molecule has 0 bridgehead atoms. The lowest BCUT2D eigenvalue weighted by molar-refractivity contribution is 0.453. The molecular formula is C14H20N6O. The van der Waals surface area contributed by atoms with E-state index in [0.29, 0.717) is 17.6 Å². The largest absolute Gasteiger partial charge is 0.444 e. The van der Waals surface area contributed by atoms with Gasteiger partial charge in [0.05, 0.1) is 6.20 Å². The predicted octanol–water partition coefficient (Wildman–Crippen LogP) is 2.42. The summed E-state index contributed by atoms with van der Waals surface area (Å²) < 4.78 is 5.55. The maximum absolute atomic E-state index is 5.56. The Balaban J connectivity index is 1.88. The predicted molar refractivity (Wildman–Crippen MR) is 79.8 cm³/mol. The maximum Gasteiger partial charge on any atom is 0.216 e. The molecule has 2 aromatic heterocycles. The third-order valence-electron chi connectivity index (χ3n) is 3.61. The van der Waals surface area contributed by atoms with Gasteiger partial charge in [0.1, 0.15) is 29.3 Å². The van der Waals surface area contributed by atoms with Gasteiger partial charge in [0.15, 0.2) is 0 Å². The molecular weight excluding hydrogens is 268 g/mol. The van der Waals surface area contributed by atoms with Crippen LogP contribution in [0.15, 0.2) is 10.6 Å². The molecule has 21 heavy (non-hydrogen) atoms. The molecule has 1 unspecified atom stereocenters. The second-order valence-electron chi connectivity index (χ2n) is 5.50. The summed E-state index contributed by atoms with van der Waals surface area (Å²) in [5.74, 6) is 9.71. The highest BCUT2D eigenvalue weighted by Gasteiger charge is 2.28. The molecule has 3 rings (SSSR count). The summed E-state index contributed by atoms with van der Waals surface area (Å²) in [7, 11) is 0. The minimum absolute atomic E-state index is 0.0787. The molecule has 1 saturated carbocycles. The van der Waals surface area contributed by atoms with E-state index < -0.39 is 0 Å². The molecule has 2 heterocycles. The molecule has 1 atom stereocenters. The Hall–Kier alpha value is -2.15. The fraction of sp³-hybridized carbons (Fsp3) is 0.500. The number of nitrogens with two attached hydrogens (primary N) is 1. The van der Waals surface area contributed by atoms with Crippen LogP contribution < -0.4 is 16.6 Å². The van der Waals surface area contributed by atoms with Gasteiger partial charge in [-0.15, -0.1) is 0 Å². The van der Waals surface area contributed by atoms with Crippen LogP contribution in [0.1, 0.15) is 54.8 Å². The van der Waals surface area contributed by atoms with Crippen molar-refractivity contribution in [2.24, 2.45) is 5.84 Å². The average Bonchev–Trinajstić information content (AvgIpc) is 3.22. The molecule has 0 aliphatic heterocycles. The van der Waals surface area contributed by atoms with Gasteiger partial charge in [-0.1, -0.05) is 0 Å². The minimum Gasteiger partial charge on any atom is -0.444 e. The third kappa shape index (κ3) is 2.82. The zero-order chi connectivity index (χ0) is 15.0. The van der Waals surface area contributed by atoms with Gasteiger partial charge in [0, 0.05) is 11.5 Å². The monoisotopic (exact) mass is 288 g/mol. The van der Waals surface area contributed by atoms with Crippen molar-refractivity contribution in [2.75, 3.05) is 10.7 Å². The van der Waals surface area contributed by atoms with Crippen LogP contribution in [0, 0.1) is 13.8 Å². The molecule has 0 spiro atoms. The number of hydrazine groups is 1. The van der Waals surface area contributed by atoms with Crippen LogP contribution in [0.2, 0.25) is 0 Å². The summed E-state index contributed by atoms with van der Waals surface area (Å²) in [5.41, 5.74) is 3.53.